The van der Waals surface area contributed by atoms with E-state index in [4.69, 9.17) is 4.52 Å². The van der Waals surface area contributed by atoms with Gasteiger partial charge in [0.2, 0.25) is 5.91 Å². The fraction of sp³-hybridized carbons (Fsp3) is 0.0435. The van der Waals surface area contributed by atoms with Gasteiger partial charge in [-0.1, -0.05) is 53.7 Å². The van der Waals surface area contributed by atoms with E-state index in [9.17, 15) is 14.3 Å². The van der Waals surface area contributed by atoms with Gasteiger partial charge in [-0.2, -0.15) is 0 Å². The Morgan fingerprint density at radius 2 is 1.72 bits per heavy atom. The number of amides is 1. The quantitative estimate of drug-likeness (QED) is 0.485. The monoisotopic (exact) mass is 388 g/mol. The molecule has 0 aliphatic heterocycles. The molecule has 4 aromatic rings. The van der Waals surface area contributed by atoms with Crippen LogP contribution in [-0.4, -0.2) is 16.2 Å². The van der Waals surface area contributed by atoms with E-state index in [1.54, 1.807) is 30.3 Å². The summed E-state index contributed by atoms with van der Waals surface area (Å²) in [4.78, 5) is 11.1. The Bertz CT molecular complexity index is 1190. The van der Waals surface area contributed by atoms with Crippen LogP contribution in [0.25, 0.3) is 33.7 Å². The third-order valence-corrected chi connectivity index (χ3v) is 4.47. The highest BCUT2D eigenvalue weighted by molar-refractivity contribution is 5.89. The standard InChI is InChI=1S/C23H17FN2O3/c1-14(27)25-20-11-10-16(12-19(20)24)17-8-5-9-18(23(17)28)22-13-21(26-29-22)15-6-3-2-4-7-15/h2-13,28H,1H3,(H,25,27). The average molecular weight is 388 g/mol. The first-order valence-corrected chi connectivity index (χ1v) is 8.95. The zero-order valence-corrected chi connectivity index (χ0v) is 15.5. The van der Waals surface area contributed by atoms with Gasteiger partial charge in [-0.05, 0) is 23.8 Å². The number of nitrogens with one attached hydrogen (secondary N) is 1. The van der Waals surface area contributed by atoms with Crippen molar-refractivity contribution in [3.05, 3.63) is 78.6 Å². The second-order valence-corrected chi connectivity index (χ2v) is 6.52. The fourth-order valence-electron chi connectivity index (χ4n) is 3.10. The van der Waals surface area contributed by atoms with E-state index in [2.05, 4.69) is 10.5 Å². The molecule has 0 saturated heterocycles. The van der Waals surface area contributed by atoms with Gasteiger partial charge in [0, 0.05) is 24.1 Å². The molecule has 5 nitrogen and oxygen atoms in total. The predicted molar refractivity (Wildman–Crippen MR) is 109 cm³/mol. The Balaban J connectivity index is 1.71. The maximum Gasteiger partial charge on any atom is 0.221 e. The highest BCUT2D eigenvalue weighted by atomic mass is 19.1. The van der Waals surface area contributed by atoms with Crippen molar-refractivity contribution >= 4 is 11.6 Å². The van der Waals surface area contributed by atoms with Crippen molar-refractivity contribution in [2.75, 3.05) is 5.32 Å². The van der Waals surface area contributed by atoms with Gasteiger partial charge in [-0.3, -0.25) is 4.79 Å². The summed E-state index contributed by atoms with van der Waals surface area (Å²) >= 11 is 0. The summed E-state index contributed by atoms with van der Waals surface area (Å²) in [6.45, 7) is 1.31. The lowest BCUT2D eigenvalue weighted by atomic mass is 9.99. The number of rotatable bonds is 4. The van der Waals surface area contributed by atoms with Gasteiger partial charge in [-0.25, -0.2) is 4.39 Å². The maximum absolute atomic E-state index is 14.3. The number of aromatic nitrogens is 1. The van der Waals surface area contributed by atoms with Crippen LogP contribution in [0, 0.1) is 5.82 Å². The van der Waals surface area contributed by atoms with E-state index in [1.165, 1.54) is 19.1 Å². The molecule has 1 aromatic heterocycles. The minimum Gasteiger partial charge on any atom is -0.507 e. The van der Waals surface area contributed by atoms with Crippen molar-refractivity contribution in [2.24, 2.45) is 0 Å². The largest absolute Gasteiger partial charge is 0.507 e. The first-order valence-electron chi connectivity index (χ1n) is 8.95. The zero-order valence-electron chi connectivity index (χ0n) is 15.5. The van der Waals surface area contributed by atoms with Crippen LogP contribution in [0.4, 0.5) is 10.1 Å². The number of para-hydroxylation sites is 1. The zero-order chi connectivity index (χ0) is 20.4. The van der Waals surface area contributed by atoms with Crippen LogP contribution < -0.4 is 5.32 Å². The number of anilines is 1. The molecule has 1 amide bonds. The van der Waals surface area contributed by atoms with Crippen LogP contribution in [0.1, 0.15) is 6.92 Å². The molecule has 29 heavy (non-hydrogen) atoms. The minimum absolute atomic E-state index is 0.0464. The normalized spacial score (nSPS) is 10.7. The van der Waals surface area contributed by atoms with E-state index < -0.39 is 5.82 Å². The molecule has 0 aliphatic rings. The Morgan fingerprint density at radius 1 is 0.966 bits per heavy atom. The van der Waals surface area contributed by atoms with Crippen molar-refractivity contribution in [1.82, 2.24) is 5.16 Å². The van der Waals surface area contributed by atoms with Crippen LogP contribution >= 0.6 is 0 Å². The van der Waals surface area contributed by atoms with Crippen molar-refractivity contribution in [1.29, 1.82) is 0 Å². The number of nitrogens with zero attached hydrogens (tertiary/aromatic N) is 1. The van der Waals surface area contributed by atoms with Gasteiger partial charge in [0.15, 0.2) is 5.76 Å². The summed E-state index contributed by atoms with van der Waals surface area (Å²) in [5.41, 5.74) is 2.99. The molecule has 0 saturated carbocycles. The lowest BCUT2D eigenvalue weighted by molar-refractivity contribution is -0.114. The van der Waals surface area contributed by atoms with Crippen molar-refractivity contribution in [3.63, 3.8) is 0 Å². The van der Waals surface area contributed by atoms with Gasteiger partial charge in [0.25, 0.3) is 0 Å². The maximum atomic E-state index is 14.3. The second-order valence-electron chi connectivity index (χ2n) is 6.52. The fourth-order valence-corrected chi connectivity index (χ4v) is 3.10. The average Bonchev–Trinajstić information content (AvgIpc) is 3.20. The third kappa shape index (κ3) is 3.73. The molecule has 1 heterocycles. The van der Waals surface area contributed by atoms with E-state index in [-0.39, 0.29) is 17.3 Å². The molecular weight excluding hydrogens is 371 g/mol. The Hall–Kier alpha value is -3.93. The van der Waals surface area contributed by atoms with Gasteiger partial charge in [0.1, 0.15) is 17.3 Å². The van der Waals surface area contributed by atoms with Crippen LogP contribution in [0.5, 0.6) is 5.75 Å². The second kappa shape index (κ2) is 7.59. The molecule has 2 N–H and O–H groups in total. The van der Waals surface area contributed by atoms with E-state index in [0.29, 0.717) is 28.1 Å². The molecule has 0 unspecified atom stereocenters. The molecule has 3 aromatic carbocycles. The van der Waals surface area contributed by atoms with Gasteiger partial charge < -0.3 is 14.9 Å². The number of hydrogen-bond acceptors (Lipinski definition) is 4. The summed E-state index contributed by atoms with van der Waals surface area (Å²) in [6.07, 6.45) is 0. The summed E-state index contributed by atoms with van der Waals surface area (Å²) in [5, 5.41) is 17.3. The smallest absolute Gasteiger partial charge is 0.221 e. The van der Waals surface area contributed by atoms with E-state index in [0.717, 1.165) is 5.56 Å². The van der Waals surface area contributed by atoms with Crippen LogP contribution in [-0.2, 0) is 4.79 Å². The molecule has 0 bridgehead atoms. The lowest BCUT2D eigenvalue weighted by Crippen LogP contribution is -2.07. The highest BCUT2D eigenvalue weighted by Gasteiger charge is 2.16. The lowest BCUT2D eigenvalue weighted by Gasteiger charge is -2.10. The number of benzene rings is 3. The Kier molecular flexibility index (Phi) is 4.83. The van der Waals surface area contributed by atoms with Gasteiger partial charge >= 0.3 is 0 Å². The molecule has 6 heteroatoms. The third-order valence-electron chi connectivity index (χ3n) is 4.47. The van der Waals surface area contributed by atoms with Gasteiger partial charge in [0.05, 0.1) is 11.3 Å². The van der Waals surface area contributed by atoms with E-state index >= 15 is 0 Å². The van der Waals surface area contributed by atoms with Crippen LogP contribution in [0.3, 0.4) is 0 Å². The Labute approximate surface area is 166 Å². The molecule has 144 valence electrons. The minimum atomic E-state index is -0.589. The first kappa shape index (κ1) is 18.4. The first-order chi connectivity index (χ1) is 14.0. The molecule has 0 atom stereocenters. The topological polar surface area (TPSA) is 75.4 Å². The molecule has 0 fully saturated rings. The molecule has 0 aliphatic carbocycles. The number of phenols is 1. The number of phenolic OH excluding ortho intramolecular Hbond substituents is 1. The number of aromatic hydroxyl groups is 1. The number of hydrogen-bond donors (Lipinski definition) is 2. The number of carbonyl (C=O) groups excluding carboxylic acids is 1. The molecule has 4 rings (SSSR count). The van der Waals surface area contributed by atoms with E-state index in [1.807, 2.05) is 30.3 Å². The summed E-state index contributed by atoms with van der Waals surface area (Å²) in [5.74, 6) is -0.594. The van der Waals surface area contributed by atoms with Crippen LogP contribution in [0.15, 0.2) is 77.3 Å². The van der Waals surface area contributed by atoms with Crippen molar-refractivity contribution < 1.29 is 18.8 Å². The molecule has 0 radical (unpaired) electrons. The summed E-state index contributed by atoms with van der Waals surface area (Å²) < 4.78 is 19.7. The van der Waals surface area contributed by atoms with Crippen molar-refractivity contribution in [3.8, 4) is 39.5 Å². The molecular formula is C23H17FN2O3. The summed E-state index contributed by atoms with van der Waals surface area (Å²) in [7, 11) is 0. The Morgan fingerprint density at radius 3 is 2.45 bits per heavy atom. The molecule has 0 spiro atoms. The predicted octanol–water partition coefficient (Wildman–Crippen LogP) is 5.48. The van der Waals surface area contributed by atoms with Crippen LogP contribution in [0.2, 0.25) is 0 Å². The SMILES string of the molecule is CC(=O)Nc1ccc(-c2cccc(-c3cc(-c4ccccc4)no3)c2O)cc1F. The highest BCUT2D eigenvalue weighted by Crippen LogP contribution is 2.39. The number of halogens is 1. The van der Waals surface area contributed by atoms with Crippen molar-refractivity contribution in [2.45, 2.75) is 6.92 Å². The summed E-state index contributed by atoms with van der Waals surface area (Å²) in [6, 6.07) is 20.8. The number of carbonyl (C=O) groups is 1. The van der Waals surface area contributed by atoms with Gasteiger partial charge in [-0.15, -0.1) is 0 Å².